The van der Waals surface area contributed by atoms with E-state index in [2.05, 4.69) is 38.0 Å². The van der Waals surface area contributed by atoms with Crippen LogP contribution >= 0.6 is 0 Å². The summed E-state index contributed by atoms with van der Waals surface area (Å²) in [7, 11) is -3.54. The third-order valence-electron chi connectivity index (χ3n) is 8.10. The molecule has 5 rings (SSSR count). The molecule has 0 radical (unpaired) electrons. The maximum atomic E-state index is 13.3. The van der Waals surface area contributed by atoms with Crippen LogP contribution in [0.4, 0.5) is 16.3 Å². The molecule has 1 saturated heterocycles. The predicted molar refractivity (Wildman–Crippen MR) is 178 cm³/mol. The van der Waals surface area contributed by atoms with Crippen molar-refractivity contribution in [1.29, 1.82) is 0 Å². The van der Waals surface area contributed by atoms with Gasteiger partial charge in [0.2, 0.25) is 10.0 Å². The quantitative estimate of drug-likeness (QED) is 0.217. The van der Waals surface area contributed by atoms with Crippen LogP contribution in [0, 0.1) is 12.8 Å². The molecular formula is C35H41N5O3S. The normalized spacial score (nSPS) is 14.7. The minimum atomic E-state index is -3.54. The van der Waals surface area contributed by atoms with Crippen LogP contribution in [0.1, 0.15) is 56.0 Å². The number of anilines is 2. The number of carbonyl (C=O) groups excluding carboxylic acids is 1. The van der Waals surface area contributed by atoms with Gasteiger partial charge in [0, 0.05) is 30.3 Å². The Morgan fingerprint density at radius 3 is 2.27 bits per heavy atom. The van der Waals surface area contributed by atoms with Gasteiger partial charge in [-0.3, -0.25) is 5.32 Å². The number of benzene rings is 3. The van der Waals surface area contributed by atoms with E-state index < -0.39 is 10.0 Å². The van der Waals surface area contributed by atoms with Crippen molar-refractivity contribution in [2.45, 2.75) is 57.3 Å². The summed E-state index contributed by atoms with van der Waals surface area (Å²) in [6.45, 7) is 13.0. The van der Waals surface area contributed by atoms with Crippen LogP contribution in [0.5, 0.6) is 0 Å². The van der Waals surface area contributed by atoms with Crippen LogP contribution in [0.25, 0.3) is 11.8 Å². The number of rotatable bonds is 8. The van der Waals surface area contributed by atoms with Gasteiger partial charge in [-0.15, -0.1) is 0 Å². The molecule has 0 bridgehead atoms. The van der Waals surface area contributed by atoms with E-state index in [4.69, 9.17) is 5.10 Å². The number of urea groups is 1. The molecule has 0 aliphatic carbocycles. The first-order chi connectivity index (χ1) is 20.9. The molecule has 1 aromatic heterocycles. The Bertz CT molecular complexity index is 1730. The number of hydrogen-bond acceptors (Lipinski definition) is 4. The smallest absolute Gasteiger partial charge is 0.307 e. The van der Waals surface area contributed by atoms with E-state index in [1.807, 2.05) is 61.5 Å². The van der Waals surface area contributed by atoms with Gasteiger partial charge >= 0.3 is 6.03 Å². The van der Waals surface area contributed by atoms with Crippen LogP contribution in [0.3, 0.4) is 0 Å². The number of piperidine rings is 1. The minimum Gasteiger partial charge on any atom is -0.307 e. The van der Waals surface area contributed by atoms with Gasteiger partial charge < -0.3 is 5.32 Å². The highest BCUT2D eigenvalue weighted by Crippen LogP contribution is 2.30. The van der Waals surface area contributed by atoms with E-state index in [9.17, 15) is 13.2 Å². The lowest BCUT2D eigenvalue weighted by Crippen LogP contribution is -2.38. The summed E-state index contributed by atoms with van der Waals surface area (Å²) in [6.07, 6.45) is 3.93. The summed E-state index contributed by atoms with van der Waals surface area (Å²) in [4.78, 5) is 13.6. The fourth-order valence-electron chi connectivity index (χ4n) is 5.40. The fraction of sp³-hybridized carbons (Fsp3) is 0.314. The number of aryl methyl sites for hydroxylation is 1. The van der Waals surface area contributed by atoms with Gasteiger partial charge in [0.25, 0.3) is 0 Å². The number of nitrogens with one attached hydrogen (secondary N) is 2. The van der Waals surface area contributed by atoms with Gasteiger partial charge in [0.05, 0.1) is 16.3 Å². The van der Waals surface area contributed by atoms with Crippen LogP contribution in [0.2, 0.25) is 0 Å². The van der Waals surface area contributed by atoms with Gasteiger partial charge in [-0.1, -0.05) is 81.5 Å². The molecule has 1 fully saturated rings. The summed E-state index contributed by atoms with van der Waals surface area (Å²) in [5.74, 6) is 0.884. The Balaban J connectivity index is 1.25. The van der Waals surface area contributed by atoms with Crippen molar-refractivity contribution in [2.75, 3.05) is 23.7 Å². The highest BCUT2D eigenvalue weighted by atomic mass is 32.2. The third kappa shape index (κ3) is 7.11. The van der Waals surface area contributed by atoms with Gasteiger partial charge in [0.15, 0.2) is 0 Å². The maximum absolute atomic E-state index is 13.3. The Morgan fingerprint density at radius 1 is 0.977 bits per heavy atom. The van der Waals surface area contributed by atoms with Crippen molar-refractivity contribution < 1.29 is 13.2 Å². The van der Waals surface area contributed by atoms with Crippen molar-refractivity contribution in [2.24, 2.45) is 5.92 Å². The van der Waals surface area contributed by atoms with Crippen LogP contribution < -0.4 is 10.6 Å². The predicted octanol–water partition coefficient (Wildman–Crippen LogP) is 7.41. The molecule has 230 valence electrons. The molecular weight excluding hydrogens is 570 g/mol. The van der Waals surface area contributed by atoms with Crippen molar-refractivity contribution in [3.8, 4) is 5.69 Å². The molecule has 0 unspecified atom stereocenters. The zero-order valence-corrected chi connectivity index (χ0v) is 26.7. The average Bonchev–Trinajstić information content (AvgIpc) is 3.43. The molecule has 1 aliphatic rings. The number of hydrogen-bond donors (Lipinski definition) is 2. The van der Waals surface area contributed by atoms with Crippen LogP contribution in [-0.4, -0.2) is 41.6 Å². The van der Waals surface area contributed by atoms with Crippen molar-refractivity contribution in [1.82, 2.24) is 14.1 Å². The van der Waals surface area contributed by atoms with Gasteiger partial charge in [-0.2, -0.15) is 9.40 Å². The number of nitrogens with zero attached hydrogens (tertiary/aromatic N) is 3. The summed E-state index contributed by atoms with van der Waals surface area (Å²) in [6, 6.07) is 24.2. The van der Waals surface area contributed by atoms with E-state index in [1.165, 1.54) is 0 Å². The Morgan fingerprint density at radius 2 is 1.64 bits per heavy atom. The Kier molecular flexibility index (Phi) is 9.08. The first-order valence-electron chi connectivity index (χ1n) is 15.0. The fourth-order valence-corrected chi connectivity index (χ4v) is 6.87. The van der Waals surface area contributed by atoms with Gasteiger partial charge in [0.1, 0.15) is 5.82 Å². The number of aromatic nitrogens is 2. The van der Waals surface area contributed by atoms with E-state index in [-0.39, 0.29) is 11.4 Å². The van der Waals surface area contributed by atoms with E-state index in [0.29, 0.717) is 29.7 Å². The topological polar surface area (TPSA) is 96.3 Å². The number of sulfonamides is 1. The largest absolute Gasteiger partial charge is 0.324 e. The van der Waals surface area contributed by atoms with Crippen LogP contribution in [-0.2, 0) is 21.9 Å². The molecule has 8 nitrogen and oxygen atoms in total. The summed E-state index contributed by atoms with van der Waals surface area (Å²) in [5, 5.41) is 10.9. The lowest BCUT2D eigenvalue weighted by Gasteiger charge is -2.31. The van der Waals surface area contributed by atoms with Crippen LogP contribution in [0.15, 0.2) is 90.3 Å². The van der Waals surface area contributed by atoms with Crippen molar-refractivity contribution >= 4 is 33.6 Å². The van der Waals surface area contributed by atoms with Crippen molar-refractivity contribution in [3.63, 3.8) is 0 Å². The standard InChI is InChI=1S/C35H41N5O3S/c1-6-26-13-17-30(18-14-26)44(42,43)39-21-19-27(20-22-39)23-28-9-7-8-10-31(28)36-34(41)37-33-24-32(35(3,4)5)38-40(33)29-15-11-25(2)12-16-29/h6-18,24,27H,1,19-23H2,2-5H3,(H2,36,37,41). The van der Waals surface area contributed by atoms with Gasteiger partial charge in [-0.25, -0.2) is 17.9 Å². The second-order valence-corrected chi connectivity index (χ2v) is 14.4. The highest BCUT2D eigenvalue weighted by molar-refractivity contribution is 7.89. The van der Waals surface area contributed by atoms with E-state index >= 15 is 0 Å². The van der Waals surface area contributed by atoms with E-state index in [0.717, 1.165) is 53.0 Å². The molecule has 9 heteroatoms. The zero-order chi connectivity index (χ0) is 31.5. The summed E-state index contributed by atoms with van der Waals surface area (Å²) in [5.41, 5.74) is 5.33. The molecule has 2 heterocycles. The first-order valence-corrected chi connectivity index (χ1v) is 16.4. The molecule has 2 N–H and O–H groups in total. The molecule has 1 aliphatic heterocycles. The molecule has 44 heavy (non-hydrogen) atoms. The summed E-state index contributed by atoms with van der Waals surface area (Å²) < 4.78 is 29.7. The Labute approximate surface area is 260 Å². The maximum Gasteiger partial charge on any atom is 0.324 e. The molecule has 2 amide bonds. The number of amides is 2. The van der Waals surface area contributed by atoms with E-state index in [1.54, 1.807) is 39.3 Å². The minimum absolute atomic E-state index is 0.194. The second-order valence-electron chi connectivity index (χ2n) is 12.5. The monoisotopic (exact) mass is 611 g/mol. The molecule has 4 aromatic rings. The summed E-state index contributed by atoms with van der Waals surface area (Å²) >= 11 is 0. The number of carbonyl (C=O) groups is 1. The van der Waals surface area contributed by atoms with Gasteiger partial charge in [-0.05, 0) is 73.6 Å². The highest BCUT2D eigenvalue weighted by Gasteiger charge is 2.30. The zero-order valence-electron chi connectivity index (χ0n) is 25.9. The number of para-hydroxylation sites is 1. The molecule has 0 saturated carbocycles. The first kappa shape index (κ1) is 31.2. The SMILES string of the molecule is C=Cc1ccc(S(=O)(=O)N2CCC(Cc3ccccc3NC(=O)Nc3cc(C(C)(C)C)nn3-c3ccc(C)cc3)CC2)cc1. The second kappa shape index (κ2) is 12.8. The third-order valence-corrected chi connectivity index (χ3v) is 10.0. The Hall–Kier alpha value is -4.21. The lowest BCUT2D eigenvalue weighted by atomic mass is 9.90. The molecule has 3 aromatic carbocycles. The molecule has 0 spiro atoms. The average molecular weight is 612 g/mol. The van der Waals surface area contributed by atoms with Crippen molar-refractivity contribution in [3.05, 3.63) is 108 Å². The lowest BCUT2D eigenvalue weighted by molar-refractivity contribution is 0.261. The molecule has 0 atom stereocenters.